The Kier molecular flexibility index (Phi) is 6.16. The van der Waals surface area contributed by atoms with Gasteiger partial charge in [0.1, 0.15) is 23.9 Å². The van der Waals surface area contributed by atoms with Gasteiger partial charge < -0.3 is 19.9 Å². The molecule has 174 valence electrons. The normalized spacial score (nSPS) is 11.3. The first-order valence-electron chi connectivity index (χ1n) is 10.4. The molecule has 4 rings (SSSR count). The van der Waals surface area contributed by atoms with Gasteiger partial charge in [-0.3, -0.25) is 4.79 Å². The maximum Gasteiger partial charge on any atom is 0.228 e. The second-order valence-corrected chi connectivity index (χ2v) is 8.23. The van der Waals surface area contributed by atoms with E-state index in [1.807, 2.05) is 0 Å². The first-order chi connectivity index (χ1) is 16.3. The third kappa shape index (κ3) is 5.13. The fourth-order valence-corrected chi connectivity index (χ4v) is 3.22. The number of hydrogen-bond acceptors (Lipinski definition) is 8. The number of carbonyl (C=O) groups is 1. The van der Waals surface area contributed by atoms with Crippen LogP contribution in [0, 0.1) is 11.3 Å². The largest absolute Gasteiger partial charge is 0.489 e. The Hall–Kier alpha value is -4.43. The van der Waals surface area contributed by atoms with Crippen molar-refractivity contribution in [3.63, 3.8) is 0 Å². The number of aliphatic hydroxyl groups is 1. The number of carbonyl (C=O) groups excluding carboxylic acids is 1. The van der Waals surface area contributed by atoms with Gasteiger partial charge in [0.05, 0.1) is 60.9 Å². The molecular formula is C23H23N7O4. The number of nitrogens with zero attached hydrogens (tertiary/aromatic N) is 6. The van der Waals surface area contributed by atoms with Crippen LogP contribution in [0.5, 0.6) is 11.6 Å². The van der Waals surface area contributed by atoms with Gasteiger partial charge in [0.2, 0.25) is 11.8 Å². The molecule has 0 spiro atoms. The minimum atomic E-state index is -1.03. The van der Waals surface area contributed by atoms with Gasteiger partial charge in [-0.05, 0) is 19.4 Å². The number of nitriles is 1. The molecule has 0 aliphatic heterocycles. The Bertz CT molecular complexity index is 1360. The smallest absolute Gasteiger partial charge is 0.228 e. The summed E-state index contributed by atoms with van der Waals surface area (Å²) < 4.78 is 13.8. The molecule has 0 unspecified atom stereocenters. The summed E-state index contributed by atoms with van der Waals surface area (Å²) in [4.78, 5) is 16.6. The van der Waals surface area contributed by atoms with Crippen molar-refractivity contribution in [2.24, 2.45) is 0 Å². The zero-order chi connectivity index (χ0) is 24.3. The summed E-state index contributed by atoms with van der Waals surface area (Å²) in [7, 11) is 1.53. The molecule has 0 saturated heterocycles. The van der Waals surface area contributed by atoms with E-state index in [9.17, 15) is 15.2 Å². The van der Waals surface area contributed by atoms with E-state index in [2.05, 4.69) is 26.6 Å². The Morgan fingerprint density at radius 1 is 1.24 bits per heavy atom. The third-order valence-corrected chi connectivity index (χ3v) is 4.76. The highest BCUT2D eigenvalue weighted by Gasteiger charge is 2.18. The van der Waals surface area contributed by atoms with Crippen molar-refractivity contribution in [1.82, 2.24) is 24.4 Å². The second kappa shape index (κ2) is 9.21. The summed E-state index contributed by atoms with van der Waals surface area (Å²) >= 11 is 0. The summed E-state index contributed by atoms with van der Waals surface area (Å²) in [5.74, 6) is 0.674. The van der Waals surface area contributed by atoms with E-state index < -0.39 is 5.60 Å². The van der Waals surface area contributed by atoms with Gasteiger partial charge in [-0.2, -0.15) is 15.5 Å². The minimum absolute atomic E-state index is 0.0605. The predicted octanol–water partition coefficient (Wildman–Crippen LogP) is 2.13. The van der Waals surface area contributed by atoms with Crippen molar-refractivity contribution in [3.8, 4) is 23.4 Å². The van der Waals surface area contributed by atoms with Crippen LogP contribution >= 0.6 is 0 Å². The van der Waals surface area contributed by atoms with Gasteiger partial charge in [0.25, 0.3) is 0 Å². The maximum absolute atomic E-state index is 12.5. The number of aromatic nitrogens is 5. The molecule has 0 aliphatic carbocycles. The molecule has 1 amide bonds. The first kappa shape index (κ1) is 22.8. The van der Waals surface area contributed by atoms with Crippen LogP contribution in [-0.4, -0.2) is 54.7 Å². The van der Waals surface area contributed by atoms with Crippen molar-refractivity contribution in [2.75, 3.05) is 19.0 Å². The second-order valence-electron chi connectivity index (χ2n) is 8.23. The van der Waals surface area contributed by atoms with Crippen molar-refractivity contribution in [1.29, 1.82) is 5.26 Å². The number of pyridine rings is 2. The molecule has 0 aliphatic rings. The summed E-state index contributed by atoms with van der Waals surface area (Å²) in [5.41, 5.74) is 1.61. The number of methoxy groups -OCH3 is 1. The summed E-state index contributed by atoms with van der Waals surface area (Å²) in [6, 6.07) is 7.28. The molecule has 4 aromatic rings. The maximum atomic E-state index is 12.5. The monoisotopic (exact) mass is 461 g/mol. The van der Waals surface area contributed by atoms with Crippen molar-refractivity contribution < 1.29 is 19.4 Å². The highest BCUT2D eigenvalue weighted by Crippen LogP contribution is 2.26. The molecule has 34 heavy (non-hydrogen) atoms. The average Bonchev–Trinajstić information content (AvgIpc) is 3.44. The zero-order valence-electron chi connectivity index (χ0n) is 18.9. The van der Waals surface area contributed by atoms with Gasteiger partial charge >= 0.3 is 0 Å². The Labute approximate surface area is 195 Å². The fourth-order valence-electron chi connectivity index (χ4n) is 3.22. The molecular weight excluding hydrogens is 438 g/mol. The summed E-state index contributed by atoms with van der Waals surface area (Å²) in [6.07, 6.45) is 7.93. The number of hydrogen-bond donors (Lipinski definition) is 2. The van der Waals surface area contributed by atoms with E-state index in [0.29, 0.717) is 34.1 Å². The van der Waals surface area contributed by atoms with Crippen molar-refractivity contribution in [3.05, 3.63) is 60.3 Å². The Balaban J connectivity index is 1.58. The molecule has 4 heterocycles. The minimum Gasteiger partial charge on any atom is -0.489 e. The number of rotatable bonds is 8. The third-order valence-electron chi connectivity index (χ3n) is 4.76. The molecule has 0 aromatic carbocycles. The standard InChI is InChI=1S/C23H23N7O4/c1-23(2,32)14-34-18-7-19(22-16(8-24)10-26-30(22)13-18)29-12-17(11-27-29)28-20(31)6-15-4-5-21(33-3)25-9-15/h4-5,7,9-13,32H,6,14H2,1-3H3,(H,28,31). The molecule has 11 nitrogen and oxygen atoms in total. The van der Waals surface area contributed by atoms with Crippen LogP contribution in [0.3, 0.4) is 0 Å². The van der Waals surface area contributed by atoms with E-state index in [1.165, 1.54) is 28.7 Å². The Morgan fingerprint density at radius 3 is 2.74 bits per heavy atom. The van der Waals surface area contributed by atoms with Gasteiger partial charge in [0.15, 0.2) is 0 Å². The van der Waals surface area contributed by atoms with Crippen molar-refractivity contribution in [2.45, 2.75) is 25.9 Å². The van der Waals surface area contributed by atoms with Crippen LogP contribution in [0.4, 0.5) is 5.69 Å². The first-order valence-corrected chi connectivity index (χ1v) is 10.4. The number of nitrogens with one attached hydrogen (secondary N) is 1. The lowest BCUT2D eigenvalue weighted by atomic mass is 10.2. The summed E-state index contributed by atoms with van der Waals surface area (Å²) in [5, 5.41) is 30.9. The van der Waals surface area contributed by atoms with Crippen molar-refractivity contribution >= 4 is 17.1 Å². The van der Waals surface area contributed by atoms with Gasteiger partial charge in [-0.15, -0.1) is 0 Å². The lowest BCUT2D eigenvalue weighted by Crippen LogP contribution is -2.28. The molecule has 0 fully saturated rings. The topological polar surface area (TPSA) is 140 Å². The highest BCUT2D eigenvalue weighted by atomic mass is 16.5. The van der Waals surface area contributed by atoms with Crippen LogP contribution in [0.2, 0.25) is 0 Å². The number of amides is 1. The van der Waals surface area contributed by atoms with Crippen LogP contribution in [0.1, 0.15) is 25.0 Å². The van der Waals surface area contributed by atoms with E-state index in [-0.39, 0.29) is 18.9 Å². The molecule has 11 heteroatoms. The zero-order valence-corrected chi connectivity index (χ0v) is 18.9. The summed E-state index contributed by atoms with van der Waals surface area (Å²) in [6.45, 7) is 3.34. The predicted molar refractivity (Wildman–Crippen MR) is 122 cm³/mol. The molecule has 2 N–H and O–H groups in total. The number of anilines is 1. The van der Waals surface area contributed by atoms with Crippen LogP contribution in [-0.2, 0) is 11.2 Å². The quantitative estimate of drug-likeness (QED) is 0.407. The van der Waals surface area contributed by atoms with Gasteiger partial charge in [0, 0.05) is 18.3 Å². The van der Waals surface area contributed by atoms with Crippen LogP contribution in [0.15, 0.2) is 49.2 Å². The Morgan fingerprint density at radius 2 is 2.06 bits per heavy atom. The van der Waals surface area contributed by atoms with E-state index in [4.69, 9.17) is 9.47 Å². The SMILES string of the molecule is COc1ccc(CC(=O)Nc2cnn(-c3cc(OCC(C)(C)O)cn4ncc(C#N)c34)c2)cn1. The molecule has 4 aromatic heterocycles. The molecule has 0 atom stereocenters. The van der Waals surface area contributed by atoms with Gasteiger partial charge in [-0.1, -0.05) is 6.07 Å². The lowest BCUT2D eigenvalue weighted by molar-refractivity contribution is -0.115. The lowest BCUT2D eigenvalue weighted by Gasteiger charge is -2.18. The average molecular weight is 461 g/mol. The van der Waals surface area contributed by atoms with E-state index in [1.54, 1.807) is 50.6 Å². The van der Waals surface area contributed by atoms with E-state index in [0.717, 1.165) is 5.56 Å². The molecule has 0 saturated carbocycles. The molecule has 0 radical (unpaired) electrons. The number of ether oxygens (including phenoxy) is 2. The van der Waals surface area contributed by atoms with Crippen LogP contribution in [0.25, 0.3) is 11.2 Å². The molecule has 0 bridgehead atoms. The number of fused-ring (bicyclic) bond motifs is 1. The van der Waals surface area contributed by atoms with Crippen LogP contribution < -0.4 is 14.8 Å². The highest BCUT2D eigenvalue weighted by molar-refractivity contribution is 5.92. The van der Waals surface area contributed by atoms with Gasteiger partial charge in [-0.25, -0.2) is 14.2 Å². The van der Waals surface area contributed by atoms with E-state index >= 15 is 0 Å². The fraction of sp³-hybridized carbons (Fsp3) is 0.261.